The first kappa shape index (κ1) is 10.5. The second-order valence-electron chi connectivity index (χ2n) is 2.41. The van der Waals surface area contributed by atoms with Gasteiger partial charge in [0.05, 0.1) is 5.02 Å². The topological polar surface area (TPSA) is 9.23 Å². The van der Waals surface area contributed by atoms with Crippen molar-refractivity contribution in [2.45, 2.75) is 13.5 Å². The first-order valence-corrected chi connectivity index (χ1v) is 4.16. The summed E-state index contributed by atoms with van der Waals surface area (Å²) in [6.45, 7) is -1.20. The average molecular weight is 227 g/mol. The van der Waals surface area contributed by atoms with Gasteiger partial charge in [0, 0.05) is 5.02 Å². The molecule has 72 valence electrons. The van der Waals surface area contributed by atoms with Crippen molar-refractivity contribution < 1.29 is 13.5 Å². The lowest BCUT2D eigenvalue weighted by Crippen LogP contribution is -2.02. The van der Waals surface area contributed by atoms with Gasteiger partial charge in [-0.1, -0.05) is 23.2 Å². The highest BCUT2D eigenvalue weighted by molar-refractivity contribution is 6.35. The summed E-state index contributed by atoms with van der Waals surface area (Å²) in [5, 5.41) is 0.502. The third kappa shape index (κ3) is 2.71. The van der Waals surface area contributed by atoms with Crippen molar-refractivity contribution in [3.05, 3.63) is 27.7 Å². The van der Waals surface area contributed by atoms with Gasteiger partial charge in [-0.3, -0.25) is 0 Å². The van der Waals surface area contributed by atoms with E-state index in [1.165, 1.54) is 12.1 Å². The summed E-state index contributed by atoms with van der Waals surface area (Å²) in [5.74, 6) is -0.0569. The molecule has 0 aliphatic carbocycles. The highest BCUT2D eigenvalue weighted by Gasteiger charge is 2.10. The van der Waals surface area contributed by atoms with Crippen LogP contribution < -0.4 is 4.74 Å². The molecule has 0 unspecified atom stereocenters. The lowest BCUT2D eigenvalue weighted by Gasteiger charge is -2.08. The lowest BCUT2D eigenvalue weighted by molar-refractivity contribution is -0.0498. The van der Waals surface area contributed by atoms with Crippen molar-refractivity contribution in [3.8, 4) is 5.75 Å². The summed E-state index contributed by atoms with van der Waals surface area (Å²) in [4.78, 5) is 0. The third-order valence-electron chi connectivity index (χ3n) is 1.43. The molecule has 1 aromatic rings. The molecule has 0 bridgehead atoms. The van der Waals surface area contributed by atoms with E-state index in [0.717, 1.165) is 0 Å². The Morgan fingerprint density at radius 1 is 1.23 bits per heavy atom. The molecule has 1 aromatic carbocycles. The standard InChI is InChI=1S/C8H6Cl2F2O/c1-4-2-7(13-8(11)12)6(10)3-5(4)9/h2-3,8H,1H3. The maximum absolute atomic E-state index is 11.8. The molecule has 0 fully saturated rings. The van der Waals surface area contributed by atoms with Crippen molar-refractivity contribution in [1.29, 1.82) is 0 Å². The number of halogens is 4. The Kier molecular flexibility index (Phi) is 3.33. The molecule has 0 aliphatic rings. The van der Waals surface area contributed by atoms with Gasteiger partial charge in [0.15, 0.2) is 0 Å². The van der Waals surface area contributed by atoms with Crippen LogP contribution in [0.2, 0.25) is 10.0 Å². The lowest BCUT2D eigenvalue weighted by atomic mass is 10.2. The van der Waals surface area contributed by atoms with Crippen LogP contribution in [0, 0.1) is 6.92 Å². The predicted molar refractivity (Wildman–Crippen MR) is 47.8 cm³/mol. The van der Waals surface area contributed by atoms with E-state index in [4.69, 9.17) is 23.2 Å². The molecule has 1 nitrogen and oxygen atoms in total. The number of rotatable bonds is 2. The van der Waals surface area contributed by atoms with Gasteiger partial charge < -0.3 is 4.74 Å². The second-order valence-corrected chi connectivity index (χ2v) is 3.22. The van der Waals surface area contributed by atoms with E-state index in [1.807, 2.05) is 0 Å². The summed E-state index contributed by atoms with van der Waals surface area (Å²) in [7, 11) is 0. The number of hydrogen-bond donors (Lipinski definition) is 0. The molecule has 5 heteroatoms. The monoisotopic (exact) mass is 226 g/mol. The second kappa shape index (κ2) is 4.11. The van der Waals surface area contributed by atoms with E-state index in [-0.39, 0.29) is 10.8 Å². The van der Waals surface area contributed by atoms with Gasteiger partial charge in [0.1, 0.15) is 5.75 Å². The molecule has 0 atom stereocenters. The number of aryl methyl sites for hydroxylation is 1. The van der Waals surface area contributed by atoms with Gasteiger partial charge >= 0.3 is 6.61 Å². The van der Waals surface area contributed by atoms with E-state index in [1.54, 1.807) is 6.92 Å². The zero-order chi connectivity index (χ0) is 10.0. The Balaban J connectivity index is 3.01. The molecule has 0 saturated carbocycles. The smallest absolute Gasteiger partial charge is 0.387 e. The summed E-state index contributed by atoms with van der Waals surface area (Å²) < 4.78 is 27.8. The molecule has 13 heavy (non-hydrogen) atoms. The highest BCUT2D eigenvalue weighted by atomic mass is 35.5. The molecule has 0 aromatic heterocycles. The van der Waals surface area contributed by atoms with Gasteiger partial charge in [-0.05, 0) is 24.6 Å². The van der Waals surface area contributed by atoms with Crippen molar-refractivity contribution in [1.82, 2.24) is 0 Å². The van der Waals surface area contributed by atoms with Crippen LogP contribution in [0.4, 0.5) is 8.78 Å². The summed E-state index contributed by atoms with van der Waals surface area (Å²) in [6, 6.07) is 2.74. The van der Waals surface area contributed by atoms with E-state index < -0.39 is 6.61 Å². The fourth-order valence-corrected chi connectivity index (χ4v) is 1.24. The van der Waals surface area contributed by atoms with Crippen molar-refractivity contribution in [2.24, 2.45) is 0 Å². The van der Waals surface area contributed by atoms with Crippen LogP contribution in [-0.4, -0.2) is 6.61 Å². The van der Waals surface area contributed by atoms with Gasteiger partial charge in [-0.2, -0.15) is 8.78 Å². The van der Waals surface area contributed by atoms with Crippen LogP contribution in [0.1, 0.15) is 5.56 Å². The zero-order valence-electron chi connectivity index (χ0n) is 6.65. The maximum atomic E-state index is 11.8. The normalized spacial score (nSPS) is 10.6. The largest absolute Gasteiger partial charge is 0.433 e. The molecule has 0 spiro atoms. The van der Waals surface area contributed by atoms with Gasteiger partial charge in [-0.15, -0.1) is 0 Å². The molecule has 0 saturated heterocycles. The Morgan fingerprint density at radius 2 is 1.85 bits per heavy atom. The van der Waals surface area contributed by atoms with Crippen LogP contribution in [0.3, 0.4) is 0 Å². The molecule has 1 rings (SSSR count). The maximum Gasteiger partial charge on any atom is 0.387 e. The van der Waals surface area contributed by atoms with Crippen LogP contribution in [0.25, 0.3) is 0 Å². The van der Waals surface area contributed by atoms with Crippen molar-refractivity contribution in [2.75, 3.05) is 0 Å². The average Bonchev–Trinajstić information content (AvgIpc) is 1.99. The number of alkyl halides is 2. The summed E-state index contributed by atoms with van der Waals surface area (Å²) in [6.07, 6.45) is 0. The third-order valence-corrected chi connectivity index (χ3v) is 2.13. The number of benzene rings is 1. The number of ether oxygens (including phenoxy) is 1. The van der Waals surface area contributed by atoms with Crippen LogP contribution >= 0.6 is 23.2 Å². The highest BCUT2D eigenvalue weighted by Crippen LogP contribution is 2.31. The molecule has 0 heterocycles. The molecule has 0 amide bonds. The van der Waals surface area contributed by atoms with Crippen molar-refractivity contribution in [3.63, 3.8) is 0 Å². The predicted octanol–water partition coefficient (Wildman–Crippen LogP) is 3.90. The Morgan fingerprint density at radius 3 is 2.38 bits per heavy atom. The SMILES string of the molecule is Cc1cc(OC(F)F)c(Cl)cc1Cl. The van der Waals surface area contributed by atoms with E-state index in [2.05, 4.69) is 4.74 Å². The number of hydrogen-bond acceptors (Lipinski definition) is 1. The summed E-state index contributed by atoms with van der Waals surface area (Å²) >= 11 is 11.3. The molecular formula is C8H6Cl2F2O. The van der Waals surface area contributed by atoms with E-state index >= 15 is 0 Å². The van der Waals surface area contributed by atoms with Crippen LogP contribution in [0.5, 0.6) is 5.75 Å². The zero-order valence-corrected chi connectivity index (χ0v) is 8.16. The quantitative estimate of drug-likeness (QED) is 0.744. The van der Waals surface area contributed by atoms with Gasteiger partial charge in [0.2, 0.25) is 0 Å². The summed E-state index contributed by atoms with van der Waals surface area (Å²) in [5.41, 5.74) is 0.640. The Hall–Kier alpha value is -0.540. The van der Waals surface area contributed by atoms with Crippen molar-refractivity contribution >= 4 is 23.2 Å². The fraction of sp³-hybridized carbons (Fsp3) is 0.250. The van der Waals surface area contributed by atoms with Crippen LogP contribution in [-0.2, 0) is 0 Å². The minimum atomic E-state index is -2.88. The van der Waals surface area contributed by atoms with E-state index in [0.29, 0.717) is 10.6 Å². The van der Waals surface area contributed by atoms with Gasteiger partial charge in [0.25, 0.3) is 0 Å². The molecular weight excluding hydrogens is 221 g/mol. The van der Waals surface area contributed by atoms with Crippen LogP contribution in [0.15, 0.2) is 12.1 Å². The molecule has 0 aliphatic heterocycles. The minimum Gasteiger partial charge on any atom is -0.433 e. The Bertz CT molecular complexity index is 315. The van der Waals surface area contributed by atoms with Gasteiger partial charge in [-0.25, -0.2) is 0 Å². The van der Waals surface area contributed by atoms with E-state index in [9.17, 15) is 8.78 Å². The molecule has 0 N–H and O–H groups in total. The first-order chi connectivity index (χ1) is 6.00. The Labute approximate surface area is 84.2 Å². The molecule has 0 radical (unpaired) electrons. The first-order valence-electron chi connectivity index (χ1n) is 3.41. The fourth-order valence-electron chi connectivity index (χ4n) is 0.817. The minimum absolute atomic E-state index is 0.0569.